The Hall–Kier alpha value is -3.32. The van der Waals surface area contributed by atoms with Gasteiger partial charge in [0, 0.05) is 31.1 Å². The maximum Gasteiger partial charge on any atom is 0.254 e. The zero-order valence-corrected chi connectivity index (χ0v) is 19.4. The van der Waals surface area contributed by atoms with Gasteiger partial charge in [0.05, 0.1) is 26.2 Å². The second kappa shape index (κ2) is 9.04. The molecule has 1 aliphatic heterocycles. The predicted octanol–water partition coefficient (Wildman–Crippen LogP) is 4.33. The van der Waals surface area contributed by atoms with Crippen molar-refractivity contribution in [1.82, 2.24) is 9.80 Å². The highest BCUT2D eigenvalue weighted by Crippen LogP contribution is 2.47. The summed E-state index contributed by atoms with van der Waals surface area (Å²) in [6.07, 6.45) is 0. The number of hydrogen-bond acceptors (Lipinski definition) is 5. The van der Waals surface area contributed by atoms with Crippen LogP contribution in [0.25, 0.3) is 0 Å². The highest BCUT2D eigenvalue weighted by atomic mass is 32.1. The number of amides is 2. The lowest BCUT2D eigenvalue weighted by atomic mass is 9.81. The van der Waals surface area contributed by atoms with Crippen molar-refractivity contribution in [2.45, 2.75) is 18.5 Å². The summed E-state index contributed by atoms with van der Waals surface area (Å²) in [4.78, 5) is 31.6. The Morgan fingerprint density at radius 1 is 1.06 bits per heavy atom. The molecule has 3 aromatic rings. The van der Waals surface area contributed by atoms with Crippen molar-refractivity contribution in [3.63, 3.8) is 0 Å². The molecule has 2 amide bonds. The molecule has 0 aliphatic carbocycles. The van der Waals surface area contributed by atoms with Gasteiger partial charge in [0.2, 0.25) is 5.91 Å². The Kier molecular flexibility index (Phi) is 6.19. The molecule has 2 heterocycles. The molecule has 32 heavy (non-hydrogen) atoms. The topological polar surface area (TPSA) is 59.1 Å². The number of fused-ring (bicyclic) bond motifs is 1. The van der Waals surface area contributed by atoms with Gasteiger partial charge in [-0.3, -0.25) is 9.59 Å². The van der Waals surface area contributed by atoms with Crippen LogP contribution in [0.15, 0.2) is 60.0 Å². The number of likely N-dealkylation sites (N-methyl/N-ethyl adjacent to an activating group) is 2. The summed E-state index contributed by atoms with van der Waals surface area (Å²) in [7, 11) is 6.64. The zero-order valence-electron chi connectivity index (χ0n) is 18.6. The Bertz CT molecular complexity index is 1110. The van der Waals surface area contributed by atoms with Gasteiger partial charge in [0.15, 0.2) is 11.5 Å². The number of thiophene rings is 1. The molecule has 0 saturated carbocycles. The Morgan fingerprint density at radius 2 is 1.75 bits per heavy atom. The van der Waals surface area contributed by atoms with Crippen molar-refractivity contribution in [3.8, 4) is 11.5 Å². The minimum absolute atomic E-state index is 0.0555. The normalized spacial score (nSPS) is 17.6. The van der Waals surface area contributed by atoms with Crippen LogP contribution in [0.2, 0.25) is 0 Å². The van der Waals surface area contributed by atoms with E-state index in [-0.39, 0.29) is 11.8 Å². The molecule has 166 valence electrons. The summed E-state index contributed by atoms with van der Waals surface area (Å²) < 4.78 is 10.9. The summed E-state index contributed by atoms with van der Waals surface area (Å²) >= 11 is 1.54. The van der Waals surface area contributed by atoms with Crippen LogP contribution < -0.4 is 9.47 Å². The summed E-state index contributed by atoms with van der Waals surface area (Å²) in [5.74, 6) is 0.192. The Morgan fingerprint density at radius 3 is 2.38 bits per heavy atom. The highest BCUT2D eigenvalue weighted by molar-refractivity contribution is 7.10. The minimum atomic E-state index is -0.570. The second-order valence-electron chi connectivity index (χ2n) is 7.83. The van der Waals surface area contributed by atoms with E-state index in [1.807, 2.05) is 47.8 Å². The van der Waals surface area contributed by atoms with Crippen molar-refractivity contribution in [2.75, 3.05) is 28.3 Å². The lowest BCUT2D eigenvalue weighted by molar-refractivity contribution is -0.133. The SMILES string of the molecule is COc1cc2c(cc1OC)C(C(=O)N(C)Cc1ccccc1)C(c1cccs1)N(C)C2=O. The number of carbonyl (C=O) groups excluding carboxylic acids is 2. The molecule has 0 radical (unpaired) electrons. The highest BCUT2D eigenvalue weighted by Gasteiger charge is 2.44. The quantitative estimate of drug-likeness (QED) is 0.561. The van der Waals surface area contributed by atoms with Crippen molar-refractivity contribution < 1.29 is 19.1 Å². The maximum absolute atomic E-state index is 13.9. The number of hydrogen-bond donors (Lipinski definition) is 0. The van der Waals surface area contributed by atoms with Crippen molar-refractivity contribution in [2.24, 2.45) is 0 Å². The van der Waals surface area contributed by atoms with Crippen LogP contribution in [0.5, 0.6) is 11.5 Å². The molecule has 1 aromatic heterocycles. The van der Waals surface area contributed by atoms with Crippen LogP contribution in [0.3, 0.4) is 0 Å². The van der Waals surface area contributed by atoms with Crippen molar-refractivity contribution in [3.05, 3.63) is 81.5 Å². The molecule has 0 N–H and O–H groups in total. The summed E-state index contributed by atoms with van der Waals surface area (Å²) in [5, 5.41) is 1.97. The van der Waals surface area contributed by atoms with Gasteiger partial charge in [-0.15, -0.1) is 11.3 Å². The van der Waals surface area contributed by atoms with Gasteiger partial charge >= 0.3 is 0 Å². The summed E-state index contributed by atoms with van der Waals surface area (Å²) in [6, 6.07) is 16.8. The first kappa shape index (κ1) is 21.9. The summed E-state index contributed by atoms with van der Waals surface area (Å²) in [5.41, 5.74) is 2.17. The molecule has 0 bridgehead atoms. The zero-order chi connectivity index (χ0) is 22.8. The smallest absolute Gasteiger partial charge is 0.254 e. The average molecular weight is 451 g/mol. The third-order valence-electron chi connectivity index (χ3n) is 5.91. The third-order valence-corrected chi connectivity index (χ3v) is 6.86. The first-order chi connectivity index (χ1) is 15.5. The molecular weight excluding hydrogens is 424 g/mol. The fraction of sp³-hybridized carbons (Fsp3) is 0.280. The third kappa shape index (κ3) is 3.84. The van der Waals surface area contributed by atoms with Crippen LogP contribution >= 0.6 is 11.3 Å². The molecule has 2 unspecified atom stereocenters. The lowest BCUT2D eigenvalue weighted by Gasteiger charge is -2.40. The van der Waals surface area contributed by atoms with E-state index in [2.05, 4.69) is 0 Å². The largest absolute Gasteiger partial charge is 0.493 e. The van der Waals surface area contributed by atoms with E-state index < -0.39 is 12.0 Å². The van der Waals surface area contributed by atoms with E-state index in [0.29, 0.717) is 29.2 Å². The van der Waals surface area contributed by atoms with Crippen LogP contribution in [0.1, 0.15) is 38.3 Å². The van der Waals surface area contributed by atoms with E-state index in [1.165, 1.54) is 7.11 Å². The Balaban J connectivity index is 1.83. The fourth-order valence-electron chi connectivity index (χ4n) is 4.30. The molecule has 0 saturated heterocycles. The van der Waals surface area contributed by atoms with Crippen LogP contribution in [0, 0.1) is 0 Å². The van der Waals surface area contributed by atoms with Gasteiger partial charge in [0.25, 0.3) is 5.91 Å². The van der Waals surface area contributed by atoms with Gasteiger partial charge < -0.3 is 19.3 Å². The maximum atomic E-state index is 13.9. The van der Waals surface area contributed by atoms with Gasteiger partial charge in [-0.25, -0.2) is 0 Å². The molecule has 1 aliphatic rings. The van der Waals surface area contributed by atoms with Gasteiger partial charge in [-0.05, 0) is 34.7 Å². The standard InChI is InChI=1S/C25H26N2O4S/c1-26(15-16-9-6-5-7-10-16)25(29)22-17-13-19(30-3)20(31-4)14-18(17)24(28)27(2)23(22)21-11-8-12-32-21/h5-14,22-23H,15H2,1-4H3. The van der Waals surface area contributed by atoms with E-state index in [0.717, 1.165) is 10.4 Å². The van der Waals surface area contributed by atoms with Crippen LogP contribution in [0.4, 0.5) is 0 Å². The number of rotatable bonds is 6. The Labute approximate surface area is 192 Å². The first-order valence-corrected chi connectivity index (χ1v) is 11.2. The van der Waals surface area contributed by atoms with Crippen LogP contribution in [-0.4, -0.2) is 49.9 Å². The molecule has 0 spiro atoms. The van der Waals surface area contributed by atoms with Crippen LogP contribution in [-0.2, 0) is 11.3 Å². The van der Waals surface area contributed by atoms with E-state index in [1.54, 1.807) is 54.5 Å². The number of carbonyl (C=O) groups is 2. The summed E-state index contributed by atoms with van der Waals surface area (Å²) in [6.45, 7) is 0.480. The van der Waals surface area contributed by atoms with Crippen molar-refractivity contribution in [1.29, 1.82) is 0 Å². The number of benzene rings is 2. The van der Waals surface area contributed by atoms with Gasteiger partial charge in [0.1, 0.15) is 0 Å². The van der Waals surface area contributed by atoms with E-state index in [9.17, 15) is 9.59 Å². The molecule has 4 rings (SSSR count). The number of ether oxygens (including phenoxy) is 2. The second-order valence-corrected chi connectivity index (χ2v) is 8.81. The van der Waals surface area contributed by atoms with E-state index in [4.69, 9.17) is 9.47 Å². The first-order valence-electron chi connectivity index (χ1n) is 10.3. The number of methoxy groups -OCH3 is 2. The molecule has 0 fully saturated rings. The average Bonchev–Trinajstić information content (AvgIpc) is 3.35. The fourth-order valence-corrected chi connectivity index (χ4v) is 5.21. The lowest BCUT2D eigenvalue weighted by Crippen LogP contribution is -2.45. The van der Waals surface area contributed by atoms with E-state index >= 15 is 0 Å². The number of nitrogens with zero attached hydrogens (tertiary/aromatic N) is 2. The van der Waals surface area contributed by atoms with Gasteiger partial charge in [-0.2, -0.15) is 0 Å². The molecule has 2 atom stereocenters. The minimum Gasteiger partial charge on any atom is -0.493 e. The molecule has 6 nitrogen and oxygen atoms in total. The molecule has 7 heteroatoms. The van der Waals surface area contributed by atoms with Crippen molar-refractivity contribution >= 4 is 23.2 Å². The van der Waals surface area contributed by atoms with Gasteiger partial charge in [-0.1, -0.05) is 36.4 Å². The predicted molar refractivity (Wildman–Crippen MR) is 124 cm³/mol. The molecule has 2 aromatic carbocycles. The monoisotopic (exact) mass is 450 g/mol. The molecular formula is C25H26N2O4S.